The molecule has 96 valence electrons. The van der Waals surface area contributed by atoms with Gasteiger partial charge in [0.1, 0.15) is 10.3 Å². The number of nitrogens with zero attached hydrogens (tertiary/aromatic N) is 2. The van der Waals surface area contributed by atoms with Crippen LogP contribution in [0.5, 0.6) is 0 Å². The lowest BCUT2D eigenvalue weighted by Gasteiger charge is -2.08. The van der Waals surface area contributed by atoms with Crippen LogP contribution in [-0.4, -0.2) is 9.55 Å². The smallest absolute Gasteiger partial charge is 0.268 e. The van der Waals surface area contributed by atoms with Crippen LogP contribution in [0, 0.1) is 6.92 Å². The quantitative estimate of drug-likeness (QED) is 0.718. The molecular weight excluding hydrogens is 324 g/mol. The largest absolute Gasteiger partial charge is 0.291 e. The predicted molar refractivity (Wildman–Crippen MR) is 81.9 cm³/mol. The number of fused-ring (bicyclic) bond motifs is 1. The molecule has 0 amide bonds. The van der Waals surface area contributed by atoms with Gasteiger partial charge in [-0.1, -0.05) is 18.2 Å². The third-order valence-corrected chi connectivity index (χ3v) is 4.65. The minimum absolute atomic E-state index is 0.0391. The predicted octanol–water partition coefficient (Wildman–Crippen LogP) is 3.58. The average Bonchev–Trinajstić information content (AvgIpc) is 2.83. The van der Waals surface area contributed by atoms with E-state index in [9.17, 15) is 4.79 Å². The van der Waals surface area contributed by atoms with E-state index in [0.717, 1.165) is 11.4 Å². The minimum atomic E-state index is -0.0391. The third kappa shape index (κ3) is 2.24. The lowest BCUT2D eigenvalue weighted by molar-refractivity contribution is 0.700. The number of hydrogen-bond donors (Lipinski definition) is 0. The molecule has 0 saturated carbocycles. The Bertz CT molecular complexity index is 807. The molecule has 0 N–H and O–H groups in total. The summed E-state index contributed by atoms with van der Waals surface area (Å²) in [6.07, 6.45) is 1.56. The molecule has 0 unspecified atom stereocenters. The first-order valence-corrected chi connectivity index (χ1v) is 7.51. The van der Waals surface area contributed by atoms with Gasteiger partial charge in [-0.3, -0.25) is 9.36 Å². The number of halogens is 1. The van der Waals surface area contributed by atoms with E-state index in [1.54, 1.807) is 22.1 Å². The van der Waals surface area contributed by atoms with E-state index in [1.807, 2.05) is 19.1 Å². The molecule has 1 aromatic carbocycles. The van der Waals surface area contributed by atoms with Crippen molar-refractivity contribution in [1.82, 2.24) is 9.55 Å². The fourth-order valence-electron chi connectivity index (χ4n) is 2.06. The summed E-state index contributed by atoms with van der Waals surface area (Å²) in [6, 6.07) is 8.24. The van der Waals surface area contributed by atoms with Gasteiger partial charge in [-0.2, -0.15) is 0 Å². The van der Waals surface area contributed by atoms with E-state index in [-0.39, 0.29) is 5.56 Å². The molecule has 0 bridgehead atoms. The highest BCUT2D eigenvalue weighted by molar-refractivity contribution is 9.10. The van der Waals surface area contributed by atoms with Crippen molar-refractivity contribution in [2.45, 2.75) is 13.5 Å². The summed E-state index contributed by atoms with van der Waals surface area (Å²) in [7, 11) is 0. The highest BCUT2D eigenvalue weighted by Gasteiger charge is 2.09. The first kappa shape index (κ1) is 12.6. The summed E-state index contributed by atoms with van der Waals surface area (Å²) in [4.78, 5) is 16.4. The molecule has 0 saturated heterocycles. The monoisotopic (exact) mass is 334 g/mol. The van der Waals surface area contributed by atoms with Crippen molar-refractivity contribution in [3.63, 3.8) is 0 Å². The average molecular weight is 335 g/mol. The van der Waals surface area contributed by atoms with Gasteiger partial charge in [-0.15, -0.1) is 11.3 Å². The Kier molecular flexibility index (Phi) is 3.24. The summed E-state index contributed by atoms with van der Waals surface area (Å²) < 4.78 is 3.43. The second kappa shape index (κ2) is 4.90. The van der Waals surface area contributed by atoms with Crippen molar-refractivity contribution in [3.05, 3.63) is 62.1 Å². The van der Waals surface area contributed by atoms with Crippen molar-refractivity contribution < 1.29 is 0 Å². The third-order valence-electron chi connectivity index (χ3n) is 3.09. The van der Waals surface area contributed by atoms with E-state index in [2.05, 4.69) is 38.4 Å². The molecule has 19 heavy (non-hydrogen) atoms. The summed E-state index contributed by atoms with van der Waals surface area (Å²) in [6.45, 7) is 2.41. The van der Waals surface area contributed by atoms with Crippen LogP contribution in [0.15, 0.2) is 45.1 Å². The van der Waals surface area contributed by atoms with Gasteiger partial charge < -0.3 is 0 Å². The van der Waals surface area contributed by atoms with Gasteiger partial charge in [0.2, 0.25) is 0 Å². The van der Waals surface area contributed by atoms with Crippen molar-refractivity contribution in [3.8, 4) is 0 Å². The molecule has 3 rings (SSSR count). The number of aromatic nitrogens is 2. The molecule has 0 aliphatic carbocycles. The van der Waals surface area contributed by atoms with E-state index < -0.39 is 0 Å². The second-order valence-corrected chi connectivity index (χ2v) is 6.07. The topological polar surface area (TPSA) is 34.9 Å². The fraction of sp³-hybridized carbons (Fsp3) is 0.143. The van der Waals surface area contributed by atoms with Crippen molar-refractivity contribution in [2.24, 2.45) is 0 Å². The Balaban J connectivity index is 2.12. The second-order valence-electron chi connectivity index (χ2n) is 4.30. The molecule has 0 fully saturated rings. The molecule has 2 aromatic heterocycles. The highest BCUT2D eigenvalue weighted by atomic mass is 79.9. The lowest BCUT2D eigenvalue weighted by Crippen LogP contribution is -2.24. The molecule has 3 aromatic rings. The molecular formula is C14H11BrN2OS. The van der Waals surface area contributed by atoms with E-state index in [1.165, 1.54) is 10.1 Å². The normalized spacial score (nSPS) is 11.1. The Morgan fingerprint density at radius 3 is 3.00 bits per heavy atom. The zero-order valence-electron chi connectivity index (χ0n) is 10.3. The zero-order valence-corrected chi connectivity index (χ0v) is 12.7. The van der Waals surface area contributed by atoms with Crippen LogP contribution in [0.1, 0.15) is 11.4 Å². The van der Waals surface area contributed by atoms with E-state index in [4.69, 9.17) is 0 Å². The number of hydrogen-bond acceptors (Lipinski definition) is 3. The minimum Gasteiger partial charge on any atom is -0.291 e. The molecule has 0 radical (unpaired) electrons. The van der Waals surface area contributed by atoms with Crippen LogP contribution in [-0.2, 0) is 6.54 Å². The maximum absolute atomic E-state index is 12.1. The number of rotatable bonds is 2. The molecule has 2 heterocycles. The number of thiophene rings is 1. The van der Waals surface area contributed by atoms with Gasteiger partial charge in [-0.05, 0) is 45.2 Å². The van der Waals surface area contributed by atoms with Crippen LogP contribution in [0.3, 0.4) is 0 Å². The summed E-state index contributed by atoms with van der Waals surface area (Å²) in [5, 5.41) is 3.32. The van der Waals surface area contributed by atoms with Crippen LogP contribution in [0.4, 0.5) is 0 Å². The van der Waals surface area contributed by atoms with Crippen LogP contribution < -0.4 is 5.56 Å². The van der Waals surface area contributed by atoms with Gasteiger partial charge in [0, 0.05) is 10.9 Å². The standard InChI is InChI=1S/C14H11BrN2OS/c1-9-16-6-12(15)14(18)17(9)7-10-8-19-13-5-3-2-4-11(10)13/h2-6,8H,7H2,1H3. The molecule has 0 aliphatic rings. The van der Waals surface area contributed by atoms with Crippen molar-refractivity contribution >= 4 is 37.4 Å². The molecule has 0 atom stereocenters. The SMILES string of the molecule is Cc1ncc(Br)c(=O)n1Cc1csc2ccccc12. The van der Waals surface area contributed by atoms with Crippen molar-refractivity contribution in [1.29, 1.82) is 0 Å². The zero-order chi connectivity index (χ0) is 13.4. The molecule has 0 spiro atoms. The van der Waals surface area contributed by atoms with Crippen LogP contribution >= 0.6 is 27.3 Å². The molecule has 3 nitrogen and oxygen atoms in total. The van der Waals surface area contributed by atoms with Crippen LogP contribution in [0.25, 0.3) is 10.1 Å². The number of benzene rings is 1. The lowest BCUT2D eigenvalue weighted by atomic mass is 10.2. The van der Waals surface area contributed by atoms with Gasteiger partial charge in [0.15, 0.2) is 0 Å². The van der Waals surface area contributed by atoms with E-state index in [0.29, 0.717) is 11.0 Å². The molecule has 0 aliphatic heterocycles. The molecule has 5 heteroatoms. The Hall–Kier alpha value is -1.46. The van der Waals surface area contributed by atoms with Gasteiger partial charge >= 0.3 is 0 Å². The van der Waals surface area contributed by atoms with Gasteiger partial charge in [-0.25, -0.2) is 4.98 Å². The Morgan fingerprint density at radius 2 is 2.16 bits per heavy atom. The Morgan fingerprint density at radius 1 is 1.37 bits per heavy atom. The van der Waals surface area contributed by atoms with Gasteiger partial charge in [0.25, 0.3) is 5.56 Å². The fourth-order valence-corrected chi connectivity index (χ4v) is 3.33. The maximum atomic E-state index is 12.1. The summed E-state index contributed by atoms with van der Waals surface area (Å²) >= 11 is 4.94. The first-order valence-electron chi connectivity index (χ1n) is 5.84. The summed E-state index contributed by atoms with van der Waals surface area (Å²) in [5.74, 6) is 0.725. The highest BCUT2D eigenvalue weighted by Crippen LogP contribution is 2.26. The Labute approximate surface area is 122 Å². The van der Waals surface area contributed by atoms with E-state index >= 15 is 0 Å². The maximum Gasteiger partial charge on any atom is 0.268 e. The first-order chi connectivity index (χ1) is 9.16. The van der Waals surface area contributed by atoms with Crippen molar-refractivity contribution in [2.75, 3.05) is 0 Å². The summed E-state index contributed by atoms with van der Waals surface area (Å²) in [5.41, 5.74) is 1.12. The van der Waals surface area contributed by atoms with Crippen LogP contribution in [0.2, 0.25) is 0 Å². The van der Waals surface area contributed by atoms with Gasteiger partial charge in [0.05, 0.1) is 6.54 Å². The number of aryl methyl sites for hydroxylation is 1.